The predicted octanol–water partition coefficient (Wildman–Crippen LogP) is 3.08. The van der Waals surface area contributed by atoms with Crippen molar-refractivity contribution < 1.29 is 19.0 Å². The molecule has 2 aliphatic rings. The number of benzene rings is 2. The van der Waals surface area contributed by atoms with Gasteiger partial charge in [0.1, 0.15) is 24.7 Å². The highest BCUT2D eigenvalue weighted by molar-refractivity contribution is 5.97. The maximum absolute atomic E-state index is 13.1. The molecule has 2 aromatic carbocycles. The third kappa shape index (κ3) is 5.52. The second-order valence-corrected chi connectivity index (χ2v) is 7.73. The number of para-hydroxylation sites is 2. The van der Waals surface area contributed by atoms with E-state index in [-0.39, 0.29) is 5.91 Å². The molecule has 0 unspecified atom stereocenters. The van der Waals surface area contributed by atoms with Crippen LogP contribution in [-0.2, 0) is 4.74 Å². The van der Waals surface area contributed by atoms with E-state index in [1.807, 2.05) is 59.5 Å². The van der Waals surface area contributed by atoms with Crippen LogP contribution in [0.5, 0.6) is 11.5 Å². The van der Waals surface area contributed by atoms with E-state index in [1.54, 1.807) is 0 Å². The van der Waals surface area contributed by atoms with Gasteiger partial charge in [-0.1, -0.05) is 30.3 Å². The van der Waals surface area contributed by atoms with Gasteiger partial charge in [0, 0.05) is 39.3 Å². The van der Waals surface area contributed by atoms with Crippen molar-refractivity contribution >= 4 is 5.91 Å². The quantitative estimate of drug-likeness (QED) is 0.626. The predicted molar refractivity (Wildman–Crippen MR) is 115 cm³/mol. The van der Waals surface area contributed by atoms with Crippen LogP contribution >= 0.6 is 0 Å². The SMILES string of the molecule is O=C(c1ccccc1OCCOc1ccccc1)N1CCN(C[C@@H]2CCCO2)CC1. The molecule has 2 aliphatic heterocycles. The molecule has 6 heteroatoms. The lowest BCUT2D eigenvalue weighted by Crippen LogP contribution is -2.50. The van der Waals surface area contributed by atoms with E-state index >= 15 is 0 Å². The number of amides is 1. The summed E-state index contributed by atoms with van der Waals surface area (Å²) in [5.41, 5.74) is 0.616. The molecule has 2 aromatic rings. The second-order valence-electron chi connectivity index (χ2n) is 7.73. The van der Waals surface area contributed by atoms with Gasteiger partial charge in [0.25, 0.3) is 5.91 Å². The van der Waals surface area contributed by atoms with Gasteiger partial charge in [-0.05, 0) is 37.1 Å². The Morgan fingerprint density at radius 1 is 0.933 bits per heavy atom. The molecule has 2 saturated heterocycles. The maximum atomic E-state index is 13.1. The molecule has 2 heterocycles. The molecule has 1 atom stereocenters. The highest BCUT2D eigenvalue weighted by atomic mass is 16.5. The third-order valence-electron chi connectivity index (χ3n) is 5.62. The monoisotopic (exact) mass is 410 g/mol. The number of carbonyl (C=O) groups is 1. The van der Waals surface area contributed by atoms with Crippen molar-refractivity contribution in [1.29, 1.82) is 0 Å². The summed E-state index contributed by atoms with van der Waals surface area (Å²) in [5, 5.41) is 0. The first-order valence-electron chi connectivity index (χ1n) is 10.8. The number of ether oxygens (including phenoxy) is 3. The number of rotatable bonds is 8. The van der Waals surface area contributed by atoms with E-state index in [2.05, 4.69) is 4.90 Å². The van der Waals surface area contributed by atoms with Gasteiger partial charge in [-0.3, -0.25) is 9.69 Å². The van der Waals surface area contributed by atoms with E-state index < -0.39 is 0 Å². The molecule has 0 bridgehead atoms. The summed E-state index contributed by atoms with van der Waals surface area (Å²) in [7, 11) is 0. The number of carbonyl (C=O) groups excluding carboxylic acids is 1. The molecule has 0 aromatic heterocycles. The minimum Gasteiger partial charge on any atom is -0.490 e. The Labute approximate surface area is 178 Å². The van der Waals surface area contributed by atoms with Gasteiger partial charge in [0.2, 0.25) is 0 Å². The summed E-state index contributed by atoms with van der Waals surface area (Å²) < 4.78 is 17.3. The van der Waals surface area contributed by atoms with Crippen LogP contribution in [-0.4, -0.2) is 74.4 Å². The highest BCUT2D eigenvalue weighted by Gasteiger charge is 2.26. The zero-order valence-corrected chi connectivity index (χ0v) is 17.4. The molecule has 160 valence electrons. The lowest BCUT2D eigenvalue weighted by Gasteiger charge is -2.36. The van der Waals surface area contributed by atoms with Crippen LogP contribution in [0, 0.1) is 0 Å². The van der Waals surface area contributed by atoms with Gasteiger partial charge in [-0.2, -0.15) is 0 Å². The fraction of sp³-hybridized carbons (Fsp3) is 0.458. The van der Waals surface area contributed by atoms with Crippen LogP contribution in [0.4, 0.5) is 0 Å². The topological polar surface area (TPSA) is 51.2 Å². The number of hydrogen-bond acceptors (Lipinski definition) is 5. The van der Waals surface area contributed by atoms with Crippen molar-refractivity contribution in [2.45, 2.75) is 18.9 Å². The van der Waals surface area contributed by atoms with Gasteiger partial charge in [0.05, 0.1) is 11.7 Å². The normalized spacial score (nSPS) is 19.6. The smallest absolute Gasteiger partial charge is 0.257 e. The molecule has 4 rings (SSSR count). The molecule has 0 radical (unpaired) electrons. The number of piperazine rings is 1. The lowest BCUT2D eigenvalue weighted by atomic mass is 10.1. The Bertz CT molecular complexity index is 800. The Balaban J connectivity index is 1.26. The molecule has 6 nitrogen and oxygen atoms in total. The van der Waals surface area contributed by atoms with Gasteiger partial charge in [-0.15, -0.1) is 0 Å². The first-order chi connectivity index (χ1) is 14.8. The Morgan fingerprint density at radius 3 is 2.43 bits per heavy atom. The standard InChI is InChI=1S/C24H30N2O4/c27-24(26-14-12-25(13-15-26)19-21-9-6-16-28-21)22-10-4-5-11-23(22)30-18-17-29-20-7-2-1-3-8-20/h1-5,7-8,10-11,21H,6,9,12-19H2/t21-/m0/s1. The van der Waals surface area contributed by atoms with E-state index in [4.69, 9.17) is 14.2 Å². The maximum Gasteiger partial charge on any atom is 0.257 e. The van der Waals surface area contributed by atoms with E-state index in [9.17, 15) is 4.79 Å². The second kappa shape index (κ2) is 10.5. The summed E-state index contributed by atoms with van der Waals surface area (Å²) in [4.78, 5) is 17.4. The summed E-state index contributed by atoms with van der Waals surface area (Å²) in [5.74, 6) is 1.46. The summed E-state index contributed by atoms with van der Waals surface area (Å²) in [6.45, 7) is 5.91. The minimum atomic E-state index is 0.0337. The summed E-state index contributed by atoms with van der Waals surface area (Å²) in [6, 6.07) is 17.1. The Kier molecular flexibility index (Phi) is 7.21. The number of nitrogens with zero attached hydrogens (tertiary/aromatic N) is 2. The average molecular weight is 411 g/mol. The molecule has 30 heavy (non-hydrogen) atoms. The van der Waals surface area contributed by atoms with Gasteiger partial charge >= 0.3 is 0 Å². The molecular formula is C24H30N2O4. The van der Waals surface area contributed by atoms with Crippen molar-refractivity contribution in [1.82, 2.24) is 9.80 Å². The summed E-state index contributed by atoms with van der Waals surface area (Å²) >= 11 is 0. The zero-order chi connectivity index (χ0) is 20.6. The molecular weight excluding hydrogens is 380 g/mol. The molecule has 0 spiro atoms. The van der Waals surface area contributed by atoms with Crippen LogP contribution < -0.4 is 9.47 Å². The molecule has 2 fully saturated rings. The van der Waals surface area contributed by atoms with E-state index in [0.29, 0.717) is 30.6 Å². The van der Waals surface area contributed by atoms with Crippen molar-refractivity contribution in [2.75, 3.05) is 52.5 Å². The van der Waals surface area contributed by atoms with Crippen LogP contribution in [0.1, 0.15) is 23.2 Å². The van der Waals surface area contributed by atoms with Gasteiger partial charge < -0.3 is 19.1 Å². The van der Waals surface area contributed by atoms with Crippen molar-refractivity contribution in [2.24, 2.45) is 0 Å². The third-order valence-corrected chi connectivity index (χ3v) is 5.62. The fourth-order valence-electron chi connectivity index (χ4n) is 3.98. The van der Waals surface area contributed by atoms with Crippen molar-refractivity contribution in [3.63, 3.8) is 0 Å². The molecule has 0 aliphatic carbocycles. The first-order valence-corrected chi connectivity index (χ1v) is 10.8. The lowest BCUT2D eigenvalue weighted by molar-refractivity contribution is 0.0430. The average Bonchev–Trinajstić information content (AvgIpc) is 3.31. The largest absolute Gasteiger partial charge is 0.490 e. The molecule has 0 saturated carbocycles. The highest BCUT2D eigenvalue weighted by Crippen LogP contribution is 2.21. The van der Waals surface area contributed by atoms with Crippen LogP contribution in [0.3, 0.4) is 0 Å². The van der Waals surface area contributed by atoms with Crippen LogP contribution in [0.15, 0.2) is 54.6 Å². The van der Waals surface area contributed by atoms with Gasteiger partial charge in [-0.25, -0.2) is 0 Å². The number of hydrogen-bond donors (Lipinski definition) is 0. The van der Waals surface area contributed by atoms with Crippen molar-refractivity contribution in [3.05, 3.63) is 60.2 Å². The summed E-state index contributed by atoms with van der Waals surface area (Å²) in [6.07, 6.45) is 2.67. The van der Waals surface area contributed by atoms with Crippen LogP contribution in [0.2, 0.25) is 0 Å². The van der Waals surface area contributed by atoms with E-state index in [1.165, 1.54) is 0 Å². The first kappa shape index (κ1) is 20.7. The van der Waals surface area contributed by atoms with Gasteiger partial charge in [0.15, 0.2) is 0 Å². The fourth-order valence-corrected chi connectivity index (χ4v) is 3.98. The van der Waals surface area contributed by atoms with Crippen LogP contribution in [0.25, 0.3) is 0 Å². The minimum absolute atomic E-state index is 0.0337. The Morgan fingerprint density at radius 2 is 1.67 bits per heavy atom. The Hall–Kier alpha value is -2.57. The van der Waals surface area contributed by atoms with E-state index in [0.717, 1.165) is 57.9 Å². The molecule has 1 amide bonds. The van der Waals surface area contributed by atoms with Crippen molar-refractivity contribution in [3.8, 4) is 11.5 Å². The molecule has 0 N–H and O–H groups in total. The zero-order valence-electron chi connectivity index (χ0n) is 17.4.